The normalized spacial score (nSPS) is 10.9. The summed E-state index contributed by atoms with van der Waals surface area (Å²) in [5, 5.41) is 6.06. The Morgan fingerprint density at radius 1 is 1.29 bits per heavy atom. The minimum atomic E-state index is 0.722. The Bertz CT molecular complexity index is 561. The molecule has 0 saturated heterocycles. The lowest BCUT2D eigenvalue weighted by molar-refractivity contribution is 0.826. The molecule has 0 saturated carbocycles. The maximum absolute atomic E-state index is 6.21. The number of aromatic nitrogens is 2. The largest absolute Gasteiger partial charge is 0.237 e. The van der Waals surface area contributed by atoms with E-state index >= 15 is 0 Å². The molecule has 4 heteroatoms. The summed E-state index contributed by atoms with van der Waals surface area (Å²) >= 11 is 9.69. The first-order chi connectivity index (χ1) is 8.06. The van der Waals surface area contributed by atoms with Crippen LogP contribution in [-0.2, 0) is 5.33 Å². The summed E-state index contributed by atoms with van der Waals surface area (Å²) in [4.78, 5) is 0. The van der Waals surface area contributed by atoms with E-state index in [0.29, 0.717) is 0 Å². The first-order valence-electron chi connectivity index (χ1n) is 5.42. The fourth-order valence-electron chi connectivity index (χ4n) is 1.83. The van der Waals surface area contributed by atoms with Gasteiger partial charge >= 0.3 is 0 Å². The van der Waals surface area contributed by atoms with Crippen LogP contribution in [0.25, 0.3) is 5.69 Å². The summed E-state index contributed by atoms with van der Waals surface area (Å²) in [6.07, 6.45) is 0. The van der Waals surface area contributed by atoms with Gasteiger partial charge in [-0.15, -0.1) is 0 Å². The van der Waals surface area contributed by atoms with Crippen LogP contribution < -0.4 is 0 Å². The monoisotopic (exact) mass is 312 g/mol. The minimum Gasteiger partial charge on any atom is -0.237 e. The highest BCUT2D eigenvalue weighted by atomic mass is 79.9. The van der Waals surface area contributed by atoms with Gasteiger partial charge in [0.05, 0.1) is 11.4 Å². The number of alkyl halides is 1. The molecular formula is C13H14BrClN2. The number of hydrogen-bond donors (Lipinski definition) is 0. The predicted molar refractivity (Wildman–Crippen MR) is 75.4 cm³/mol. The second-order valence-corrected chi connectivity index (χ2v) is 5.05. The van der Waals surface area contributed by atoms with E-state index in [0.717, 1.165) is 33.0 Å². The van der Waals surface area contributed by atoms with E-state index in [1.807, 2.05) is 29.8 Å². The third-order valence-electron chi connectivity index (χ3n) is 3.11. The van der Waals surface area contributed by atoms with Gasteiger partial charge in [-0.25, -0.2) is 4.68 Å². The Morgan fingerprint density at radius 2 is 2.00 bits per heavy atom. The third kappa shape index (κ3) is 2.14. The summed E-state index contributed by atoms with van der Waals surface area (Å²) in [6.45, 7) is 6.19. The Kier molecular flexibility index (Phi) is 3.59. The van der Waals surface area contributed by atoms with Crippen molar-refractivity contribution in [2.75, 3.05) is 0 Å². The van der Waals surface area contributed by atoms with Crippen LogP contribution in [0.3, 0.4) is 0 Å². The van der Waals surface area contributed by atoms with Crippen molar-refractivity contribution in [3.63, 3.8) is 0 Å². The molecule has 0 spiro atoms. The van der Waals surface area contributed by atoms with Crippen molar-refractivity contribution < 1.29 is 0 Å². The van der Waals surface area contributed by atoms with E-state index in [2.05, 4.69) is 34.9 Å². The lowest BCUT2D eigenvalue weighted by Gasteiger charge is -2.11. The smallest absolute Gasteiger partial charge is 0.0704 e. The topological polar surface area (TPSA) is 17.8 Å². The van der Waals surface area contributed by atoms with Crippen LogP contribution in [0, 0.1) is 20.8 Å². The number of halogens is 2. The van der Waals surface area contributed by atoms with Crippen LogP contribution in [0.15, 0.2) is 18.2 Å². The van der Waals surface area contributed by atoms with Crippen LogP contribution in [0.1, 0.15) is 22.5 Å². The molecule has 0 unspecified atom stereocenters. The molecule has 2 aromatic rings. The van der Waals surface area contributed by atoms with Gasteiger partial charge < -0.3 is 0 Å². The summed E-state index contributed by atoms with van der Waals surface area (Å²) in [5.41, 5.74) is 5.56. The number of aryl methyl sites for hydroxylation is 1. The molecule has 0 atom stereocenters. The van der Waals surface area contributed by atoms with Crippen molar-refractivity contribution in [2.45, 2.75) is 26.1 Å². The van der Waals surface area contributed by atoms with Crippen LogP contribution in [0.2, 0.25) is 5.02 Å². The number of benzene rings is 1. The highest BCUT2D eigenvalue weighted by molar-refractivity contribution is 9.08. The predicted octanol–water partition coefficient (Wildman–Crippen LogP) is 4.35. The zero-order chi connectivity index (χ0) is 12.6. The first kappa shape index (κ1) is 12.7. The Hall–Kier alpha value is -0.800. The minimum absolute atomic E-state index is 0.722. The summed E-state index contributed by atoms with van der Waals surface area (Å²) in [5.74, 6) is 0. The SMILES string of the molecule is Cc1nn(-c2cccc(Cl)c2CBr)c(C)c1C. The van der Waals surface area contributed by atoms with Crippen molar-refractivity contribution >= 4 is 27.5 Å². The Labute approximate surface area is 115 Å². The number of nitrogens with zero attached hydrogens (tertiary/aromatic N) is 2. The standard InChI is InChI=1S/C13H14BrClN2/c1-8-9(2)16-17(10(8)3)13-6-4-5-12(15)11(13)7-14/h4-6H,7H2,1-3H3. The van der Waals surface area contributed by atoms with Gasteiger partial charge in [0.2, 0.25) is 0 Å². The van der Waals surface area contributed by atoms with Gasteiger partial charge in [0.1, 0.15) is 0 Å². The Balaban J connectivity index is 2.68. The van der Waals surface area contributed by atoms with E-state index in [-0.39, 0.29) is 0 Å². The maximum atomic E-state index is 6.21. The van der Waals surface area contributed by atoms with Crippen molar-refractivity contribution in [2.24, 2.45) is 0 Å². The second-order valence-electron chi connectivity index (χ2n) is 4.08. The summed E-state index contributed by atoms with van der Waals surface area (Å²) < 4.78 is 1.97. The van der Waals surface area contributed by atoms with Gasteiger partial charge in [-0.05, 0) is 38.5 Å². The van der Waals surface area contributed by atoms with Crippen LogP contribution in [-0.4, -0.2) is 9.78 Å². The van der Waals surface area contributed by atoms with Crippen LogP contribution in [0.5, 0.6) is 0 Å². The van der Waals surface area contributed by atoms with Gasteiger partial charge in [0.25, 0.3) is 0 Å². The lowest BCUT2D eigenvalue weighted by Crippen LogP contribution is -2.03. The molecule has 0 radical (unpaired) electrons. The van der Waals surface area contributed by atoms with Crippen molar-refractivity contribution in [3.05, 3.63) is 45.7 Å². The Morgan fingerprint density at radius 3 is 2.53 bits per heavy atom. The molecule has 0 aliphatic heterocycles. The van der Waals surface area contributed by atoms with E-state index in [1.165, 1.54) is 5.56 Å². The van der Waals surface area contributed by atoms with Crippen LogP contribution >= 0.6 is 27.5 Å². The molecule has 2 rings (SSSR count). The average molecular weight is 314 g/mol. The van der Waals surface area contributed by atoms with E-state index in [4.69, 9.17) is 11.6 Å². The van der Waals surface area contributed by atoms with Gasteiger partial charge in [-0.1, -0.05) is 33.6 Å². The van der Waals surface area contributed by atoms with Crippen LogP contribution in [0.4, 0.5) is 0 Å². The molecular weight excluding hydrogens is 300 g/mol. The zero-order valence-electron chi connectivity index (χ0n) is 10.1. The highest BCUT2D eigenvalue weighted by Gasteiger charge is 2.13. The van der Waals surface area contributed by atoms with E-state index in [1.54, 1.807) is 0 Å². The van der Waals surface area contributed by atoms with Crippen molar-refractivity contribution in [3.8, 4) is 5.69 Å². The van der Waals surface area contributed by atoms with Crippen molar-refractivity contribution in [1.29, 1.82) is 0 Å². The molecule has 0 aliphatic rings. The summed E-state index contributed by atoms with van der Waals surface area (Å²) in [7, 11) is 0. The molecule has 1 aromatic carbocycles. The maximum Gasteiger partial charge on any atom is 0.0704 e. The van der Waals surface area contributed by atoms with Gasteiger partial charge in [-0.3, -0.25) is 0 Å². The number of rotatable bonds is 2. The molecule has 90 valence electrons. The molecule has 2 nitrogen and oxygen atoms in total. The van der Waals surface area contributed by atoms with Gasteiger partial charge in [0.15, 0.2) is 0 Å². The fourth-order valence-corrected chi connectivity index (χ4v) is 2.82. The van der Waals surface area contributed by atoms with E-state index < -0.39 is 0 Å². The fraction of sp³-hybridized carbons (Fsp3) is 0.308. The molecule has 1 heterocycles. The average Bonchev–Trinajstić information content (AvgIpc) is 2.56. The van der Waals surface area contributed by atoms with E-state index in [9.17, 15) is 0 Å². The molecule has 0 aliphatic carbocycles. The van der Waals surface area contributed by atoms with Crippen molar-refractivity contribution in [1.82, 2.24) is 9.78 Å². The molecule has 0 N–H and O–H groups in total. The highest BCUT2D eigenvalue weighted by Crippen LogP contribution is 2.27. The molecule has 0 bridgehead atoms. The third-order valence-corrected chi connectivity index (χ3v) is 4.02. The van der Waals surface area contributed by atoms with Gasteiger partial charge in [-0.2, -0.15) is 5.10 Å². The number of hydrogen-bond acceptors (Lipinski definition) is 1. The second kappa shape index (κ2) is 4.83. The molecule has 0 amide bonds. The molecule has 0 fully saturated rings. The lowest BCUT2D eigenvalue weighted by atomic mass is 10.2. The van der Waals surface area contributed by atoms with Gasteiger partial charge in [0, 0.05) is 21.6 Å². The quantitative estimate of drug-likeness (QED) is 0.754. The zero-order valence-corrected chi connectivity index (χ0v) is 12.4. The molecule has 1 aromatic heterocycles. The summed E-state index contributed by atoms with van der Waals surface area (Å²) in [6, 6.07) is 5.90. The molecule has 17 heavy (non-hydrogen) atoms. The first-order valence-corrected chi connectivity index (χ1v) is 6.92.